The van der Waals surface area contributed by atoms with Crippen molar-refractivity contribution < 1.29 is 4.79 Å². The van der Waals surface area contributed by atoms with Gasteiger partial charge in [0.05, 0.1) is 0 Å². The number of aromatic nitrogens is 3. The van der Waals surface area contributed by atoms with E-state index in [1.54, 1.807) is 24.3 Å². The van der Waals surface area contributed by atoms with E-state index in [0.717, 1.165) is 17.0 Å². The van der Waals surface area contributed by atoms with Crippen LogP contribution >= 0.6 is 0 Å². The Balaban J connectivity index is 2.21. The molecule has 0 saturated heterocycles. The van der Waals surface area contributed by atoms with Crippen molar-refractivity contribution in [1.82, 2.24) is 14.5 Å². The van der Waals surface area contributed by atoms with Gasteiger partial charge in [0.15, 0.2) is 11.4 Å². The summed E-state index contributed by atoms with van der Waals surface area (Å²) < 4.78 is 1.88. The summed E-state index contributed by atoms with van der Waals surface area (Å²) in [7, 11) is 0. The molecule has 2 aromatic heterocycles. The van der Waals surface area contributed by atoms with Crippen LogP contribution in [-0.2, 0) is 0 Å². The molecular formula is C16H12N4O. The van der Waals surface area contributed by atoms with Gasteiger partial charge in [-0.25, -0.2) is 9.97 Å². The average Bonchev–Trinajstić information content (AvgIpc) is 2.82. The highest BCUT2D eigenvalue weighted by Gasteiger charge is 2.11. The maximum atomic E-state index is 11.3. The van der Waals surface area contributed by atoms with E-state index < -0.39 is 0 Å². The number of hydrogen-bond acceptors (Lipinski definition) is 4. The zero-order chi connectivity index (χ0) is 15.0. The summed E-state index contributed by atoms with van der Waals surface area (Å²) in [5.74, 6) is 0.807. The van der Waals surface area contributed by atoms with E-state index in [9.17, 15) is 4.79 Å². The number of ketones is 1. The molecule has 0 unspecified atom stereocenters. The summed E-state index contributed by atoms with van der Waals surface area (Å²) in [5, 5.41) is 8.98. The van der Waals surface area contributed by atoms with Crippen LogP contribution in [0.3, 0.4) is 0 Å². The lowest BCUT2D eigenvalue weighted by Gasteiger charge is -2.06. The third kappa shape index (κ3) is 2.17. The van der Waals surface area contributed by atoms with E-state index in [-0.39, 0.29) is 5.78 Å². The van der Waals surface area contributed by atoms with Crippen LogP contribution in [-0.4, -0.2) is 20.3 Å². The minimum Gasteiger partial charge on any atom is -0.295 e. The lowest BCUT2D eigenvalue weighted by atomic mass is 10.1. The molecule has 0 amide bonds. The third-order valence-electron chi connectivity index (χ3n) is 3.32. The first kappa shape index (κ1) is 13.0. The second-order valence-corrected chi connectivity index (χ2v) is 4.75. The SMILES string of the molecule is CC(=O)c1ccc(-n2c(C)nc3ccc(C#N)nc32)cc1. The van der Waals surface area contributed by atoms with Crippen molar-refractivity contribution >= 4 is 16.9 Å². The Labute approximate surface area is 121 Å². The largest absolute Gasteiger partial charge is 0.295 e. The Morgan fingerprint density at radius 3 is 2.48 bits per heavy atom. The molecule has 0 saturated carbocycles. The molecule has 0 aliphatic heterocycles. The lowest BCUT2D eigenvalue weighted by molar-refractivity contribution is 0.101. The number of pyridine rings is 1. The molecule has 0 aliphatic carbocycles. The quantitative estimate of drug-likeness (QED) is 0.675. The molecule has 0 fully saturated rings. The summed E-state index contributed by atoms with van der Waals surface area (Å²) in [4.78, 5) is 20.1. The molecule has 0 spiro atoms. The minimum absolute atomic E-state index is 0.0265. The Bertz CT molecular complexity index is 885. The van der Waals surface area contributed by atoms with Gasteiger partial charge in [-0.2, -0.15) is 5.26 Å². The first-order chi connectivity index (χ1) is 10.1. The summed E-state index contributed by atoms with van der Waals surface area (Å²) >= 11 is 0. The standard InChI is InChI=1S/C16H12N4O/c1-10(21)12-3-6-14(7-4-12)20-11(2)18-15-8-5-13(9-17)19-16(15)20/h3-8H,1-2H3. The van der Waals surface area contributed by atoms with Crippen LogP contribution in [0.4, 0.5) is 0 Å². The van der Waals surface area contributed by atoms with E-state index in [1.807, 2.05) is 29.7 Å². The van der Waals surface area contributed by atoms with Gasteiger partial charge in [0.25, 0.3) is 0 Å². The fourth-order valence-corrected chi connectivity index (χ4v) is 2.29. The smallest absolute Gasteiger partial charge is 0.166 e. The number of carbonyl (C=O) groups excluding carboxylic acids is 1. The molecule has 0 atom stereocenters. The Hall–Kier alpha value is -3.00. The topological polar surface area (TPSA) is 71.6 Å². The van der Waals surface area contributed by atoms with Gasteiger partial charge in [0.1, 0.15) is 23.1 Å². The summed E-state index contributed by atoms with van der Waals surface area (Å²) in [5.41, 5.74) is 3.25. The average molecular weight is 276 g/mol. The first-order valence-corrected chi connectivity index (χ1v) is 6.48. The highest BCUT2D eigenvalue weighted by molar-refractivity contribution is 5.94. The number of fused-ring (bicyclic) bond motifs is 1. The minimum atomic E-state index is 0.0265. The lowest BCUT2D eigenvalue weighted by Crippen LogP contribution is -2.00. The van der Waals surface area contributed by atoms with E-state index in [1.165, 1.54) is 6.92 Å². The van der Waals surface area contributed by atoms with Gasteiger partial charge in [0.2, 0.25) is 0 Å². The Kier molecular flexibility index (Phi) is 2.99. The molecule has 21 heavy (non-hydrogen) atoms. The highest BCUT2D eigenvalue weighted by atomic mass is 16.1. The van der Waals surface area contributed by atoms with Crippen LogP contribution in [0.5, 0.6) is 0 Å². The van der Waals surface area contributed by atoms with Gasteiger partial charge in [-0.15, -0.1) is 0 Å². The van der Waals surface area contributed by atoms with Crippen LogP contribution in [0.25, 0.3) is 16.9 Å². The van der Waals surface area contributed by atoms with Gasteiger partial charge in [-0.05, 0) is 50.2 Å². The van der Waals surface area contributed by atoms with Crippen molar-refractivity contribution in [3.8, 4) is 11.8 Å². The number of carbonyl (C=O) groups is 1. The molecule has 3 aromatic rings. The van der Waals surface area contributed by atoms with E-state index in [2.05, 4.69) is 9.97 Å². The maximum Gasteiger partial charge on any atom is 0.166 e. The van der Waals surface area contributed by atoms with Crippen LogP contribution in [0.15, 0.2) is 36.4 Å². The van der Waals surface area contributed by atoms with Gasteiger partial charge in [0, 0.05) is 11.3 Å². The zero-order valence-corrected chi connectivity index (χ0v) is 11.7. The van der Waals surface area contributed by atoms with Crippen molar-refractivity contribution in [1.29, 1.82) is 5.26 Å². The summed E-state index contributed by atoms with van der Waals surface area (Å²) in [6.07, 6.45) is 0. The molecule has 102 valence electrons. The van der Waals surface area contributed by atoms with Crippen LogP contribution in [0.2, 0.25) is 0 Å². The van der Waals surface area contributed by atoms with Gasteiger partial charge in [-0.1, -0.05) is 0 Å². The predicted octanol–water partition coefficient (Wildman–Crippen LogP) is 2.80. The van der Waals surface area contributed by atoms with E-state index in [0.29, 0.717) is 16.9 Å². The van der Waals surface area contributed by atoms with Crippen molar-refractivity contribution in [3.63, 3.8) is 0 Å². The number of hydrogen-bond donors (Lipinski definition) is 0. The molecule has 3 rings (SSSR count). The molecule has 1 aromatic carbocycles. The Morgan fingerprint density at radius 2 is 1.86 bits per heavy atom. The second-order valence-electron chi connectivity index (χ2n) is 4.75. The highest BCUT2D eigenvalue weighted by Crippen LogP contribution is 2.20. The van der Waals surface area contributed by atoms with Crippen LogP contribution < -0.4 is 0 Å². The number of aryl methyl sites for hydroxylation is 1. The second kappa shape index (κ2) is 4.84. The van der Waals surface area contributed by atoms with Crippen molar-refractivity contribution in [2.75, 3.05) is 0 Å². The van der Waals surface area contributed by atoms with Gasteiger partial charge in [-0.3, -0.25) is 9.36 Å². The number of nitriles is 1. The number of rotatable bonds is 2. The molecule has 0 radical (unpaired) electrons. The fraction of sp³-hybridized carbons (Fsp3) is 0.125. The molecule has 2 heterocycles. The number of benzene rings is 1. The molecule has 0 bridgehead atoms. The molecular weight excluding hydrogens is 264 g/mol. The zero-order valence-electron chi connectivity index (χ0n) is 11.7. The van der Waals surface area contributed by atoms with E-state index >= 15 is 0 Å². The first-order valence-electron chi connectivity index (χ1n) is 6.48. The van der Waals surface area contributed by atoms with Gasteiger partial charge >= 0.3 is 0 Å². The van der Waals surface area contributed by atoms with Crippen LogP contribution in [0.1, 0.15) is 28.8 Å². The Morgan fingerprint density at radius 1 is 1.14 bits per heavy atom. The predicted molar refractivity (Wildman–Crippen MR) is 78.3 cm³/mol. The summed E-state index contributed by atoms with van der Waals surface area (Å²) in [6, 6.07) is 12.7. The molecule has 0 aliphatic rings. The van der Waals surface area contributed by atoms with Crippen molar-refractivity contribution in [2.45, 2.75) is 13.8 Å². The molecule has 5 heteroatoms. The number of nitrogens with zero attached hydrogens (tertiary/aromatic N) is 4. The monoisotopic (exact) mass is 276 g/mol. The molecule has 5 nitrogen and oxygen atoms in total. The van der Waals surface area contributed by atoms with Crippen molar-refractivity contribution in [2.24, 2.45) is 0 Å². The van der Waals surface area contributed by atoms with Crippen LogP contribution in [0, 0.1) is 18.3 Å². The number of imidazole rings is 1. The third-order valence-corrected chi connectivity index (χ3v) is 3.32. The normalized spacial score (nSPS) is 10.5. The van der Waals surface area contributed by atoms with Gasteiger partial charge < -0.3 is 0 Å². The fourth-order valence-electron chi connectivity index (χ4n) is 2.29. The molecule has 0 N–H and O–H groups in total. The number of Topliss-reactive ketones (excluding diaryl/α,β-unsaturated/α-hetero) is 1. The van der Waals surface area contributed by atoms with Crippen molar-refractivity contribution in [3.05, 3.63) is 53.5 Å². The van der Waals surface area contributed by atoms with E-state index in [4.69, 9.17) is 5.26 Å². The maximum absolute atomic E-state index is 11.3. The summed E-state index contributed by atoms with van der Waals surface area (Å²) in [6.45, 7) is 3.42.